The molecule has 1 aromatic carbocycles. The SMILES string of the molecule is Cl.Cl.c1cn2ccc(-c3ccc(OC4CCNCC4)cc3)cc2n1. The van der Waals surface area contributed by atoms with Crippen LogP contribution in [0.4, 0.5) is 0 Å². The number of hydrogen-bond donors (Lipinski definition) is 1. The number of halogens is 2. The third kappa shape index (κ3) is 4.01. The molecular weight excluding hydrogens is 345 g/mol. The molecule has 0 saturated carbocycles. The Morgan fingerprint density at radius 2 is 1.71 bits per heavy atom. The first-order chi connectivity index (χ1) is 10.9. The lowest BCUT2D eigenvalue weighted by Crippen LogP contribution is -2.34. The van der Waals surface area contributed by atoms with Crippen LogP contribution in [-0.2, 0) is 0 Å². The summed E-state index contributed by atoms with van der Waals surface area (Å²) < 4.78 is 8.06. The predicted octanol–water partition coefficient (Wildman–Crippen LogP) is 3.98. The molecule has 0 bridgehead atoms. The Kier molecular flexibility index (Phi) is 6.49. The zero-order valence-electron chi connectivity index (χ0n) is 13.2. The molecule has 24 heavy (non-hydrogen) atoms. The molecule has 128 valence electrons. The molecule has 0 atom stereocenters. The minimum atomic E-state index is 0. The summed E-state index contributed by atoms with van der Waals surface area (Å²) in [6.45, 7) is 2.10. The second-order valence-electron chi connectivity index (χ2n) is 5.70. The van der Waals surface area contributed by atoms with Crippen LogP contribution in [0.25, 0.3) is 16.8 Å². The molecule has 6 heteroatoms. The molecule has 1 aliphatic rings. The van der Waals surface area contributed by atoms with E-state index in [1.165, 1.54) is 11.1 Å². The lowest BCUT2D eigenvalue weighted by molar-refractivity contribution is 0.162. The number of ether oxygens (including phenoxy) is 1. The van der Waals surface area contributed by atoms with Gasteiger partial charge in [0.2, 0.25) is 0 Å². The molecule has 1 N–H and O–H groups in total. The second-order valence-corrected chi connectivity index (χ2v) is 5.70. The molecule has 4 nitrogen and oxygen atoms in total. The van der Waals surface area contributed by atoms with Gasteiger partial charge in [-0.3, -0.25) is 0 Å². The van der Waals surface area contributed by atoms with Gasteiger partial charge in [0.15, 0.2) is 0 Å². The van der Waals surface area contributed by atoms with Crippen LogP contribution in [0.3, 0.4) is 0 Å². The fourth-order valence-corrected chi connectivity index (χ4v) is 2.92. The Labute approximate surface area is 154 Å². The van der Waals surface area contributed by atoms with Gasteiger partial charge in [-0.05, 0) is 61.3 Å². The molecule has 0 radical (unpaired) electrons. The van der Waals surface area contributed by atoms with Crippen molar-refractivity contribution in [1.29, 1.82) is 0 Å². The number of fused-ring (bicyclic) bond motifs is 1. The molecule has 1 aliphatic heterocycles. The molecule has 2 aromatic heterocycles. The largest absolute Gasteiger partial charge is 0.490 e. The van der Waals surface area contributed by atoms with E-state index in [2.05, 4.69) is 46.7 Å². The van der Waals surface area contributed by atoms with Gasteiger partial charge in [-0.25, -0.2) is 4.98 Å². The highest BCUT2D eigenvalue weighted by molar-refractivity contribution is 5.85. The van der Waals surface area contributed by atoms with Gasteiger partial charge in [-0.15, -0.1) is 24.8 Å². The minimum Gasteiger partial charge on any atom is -0.490 e. The fraction of sp³-hybridized carbons (Fsp3) is 0.278. The molecule has 0 amide bonds. The Hall–Kier alpha value is -1.75. The van der Waals surface area contributed by atoms with Crippen molar-refractivity contribution in [2.24, 2.45) is 0 Å². The standard InChI is InChI=1S/C18H19N3O.2ClH/c1-3-16(22-17-5-8-19-9-6-17)4-2-14(1)15-7-11-21-12-10-20-18(21)13-15;;/h1-4,7,10-13,17,19H,5-6,8-9H2;2*1H. The van der Waals surface area contributed by atoms with Gasteiger partial charge in [0, 0.05) is 18.6 Å². The summed E-state index contributed by atoms with van der Waals surface area (Å²) in [5, 5.41) is 3.36. The molecule has 3 heterocycles. The summed E-state index contributed by atoms with van der Waals surface area (Å²) in [5.74, 6) is 0.956. The van der Waals surface area contributed by atoms with Crippen molar-refractivity contribution >= 4 is 30.5 Å². The second kappa shape index (κ2) is 8.38. The molecule has 3 aromatic rings. The van der Waals surface area contributed by atoms with Crippen LogP contribution >= 0.6 is 24.8 Å². The topological polar surface area (TPSA) is 38.6 Å². The molecule has 0 spiro atoms. The third-order valence-electron chi connectivity index (χ3n) is 4.17. The lowest BCUT2D eigenvalue weighted by atomic mass is 10.1. The molecule has 0 unspecified atom stereocenters. The number of imidazole rings is 1. The van der Waals surface area contributed by atoms with Crippen molar-refractivity contribution in [2.75, 3.05) is 13.1 Å². The fourth-order valence-electron chi connectivity index (χ4n) is 2.92. The Balaban J connectivity index is 0.00000104. The van der Waals surface area contributed by atoms with Crippen LogP contribution in [0.1, 0.15) is 12.8 Å². The molecule has 1 fully saturated rings. The van der Waals surface area contributed by atoms with Gasteiger partial charge in [-0.2, -0.15) is 0 Å². The van der Waals surface area contributed by atoms with E-state index in [4.69, 9.17) is 4.74 Å². The van der Waals surface area contributed by atoms with Gasteiger partial charge in [0.25, 0.3) is 0 Å². The van der Waals surface area contributed by atoms with E-state index in [1.807, 2.05) is 23.0 Å². The van der Waals surface area contributed by atoms with E-state index in [0.717, 1.165) is 37.3 Å². The maximum Gasteiger partial charge on any atom is 0.137 e. The Morgan fingerprint density at radius 1 is 0.958 bits per heavy atom. The van der Waals surface area contributed by atoms with Crippen LogP contribution < -0.4 is 10.1 Å². The van der Waals surface area contributed by atoms with Crippen LogP contribution in [0.2, 0.25) is 0 Å². The predicted molar refractivity (Wildman–Crippen MR) is 102 cm³/mol. The number of pyridine rings is 1. The summed E-state index contributed by atoms with van der Waals surface area (Å²) >= 11 is 0. The summed E-state index contributed by atoms with van der Waals surface area (Å²) in [7, 11) is 0. The van der Waals surface area contributed by atoms with Gasteiger partial charge >= 0.3 is 0 Å². The maximum atomic E-state index is 6.05. The summed E-state index contributed by atoms with van der Waals surface area (Å²) in [6.07, 6.45) is 8.31. The number of rotatable bonds is 3. The number of nitrogens with one attached hydrogen (secondary N) is 1. The van der Waals surface area contributed by atoms with Crippen molar-refractivity contribution in [1.82, 2.24) is 14.7 Å². The first-order valence-electron chi connectivity index (χ1n) is 7.79. The maximum absolute atomic E-state index is 6.05. The van der Waals surface area contributed by atoms with Crippen molar-refractivity contribution in [3.05, 3.63) is 55.0 Å². The molecule has 1 saturated heterocycles. The quantitative estimate of drug-likeness (QED) is 0.762. The van der Waals surface area contributed by atoms with Gasteiger partial charge in [-0.1, -0.05) is 12.1 Å². The zero-order chi connectivity index (χ0) is 14.8. The van der Waals surface area contributed by atoms with Gasteiger partial charge in [0.1, 0.15) is 17.5 Å². The number of aromatic nitrogens is 2. The molecular formula is C18H21Cl2N3O. The van der Waals surface area contributed by atoms with Crippen LogP contribution in [0.15, 0.2) is 55.0 Å². The van der Waals surface area contributed by atoms with Crippen molar-refractivity contribution in [3.8, 4) is 16.9 Å². The van der Waals surface area contributed by atoms with E-state index in [1.54, 1.807) is 0 Å². The van der Waals surface area contributed by atoms with Gasteiger partial charge < -0.3 is 14.5 Å². The monoisotopic (exact) mass is 365 g/mol. The minimum absolute atomic E-state index is 0. The highest BCUT2D eigenvalue weighted by Crippen LogP contribution is 2.24. The van der Waals surface area contributed by atoms with Crippen molar-refractivity contribution in [2.45, 2.75) is 18.9 Å². The molecule has 4 rings (SSSR count). The smallest absolute Gasteiger partial charge is 0.137 e. The third-order valence-corrected chi connectivity index (χ3v) is 4.17. The number of benzene rings is 1. The first kappa shape index (κ1) is 18.6. The average molecular weight is 366 g/mol. The summed E-state index contributed by atoms with van der Waals surface area (Å²) in [4.78, 5) is 4.33. The van der Waals surface area contributed by atoms with Crippen molar-refractivity contribution in [3.63, 3.8) is 0 Å². The lowest BCUT2D eigenvalue weighted by Gasteiger charge is -2.23. The zero-order valence-corrected chi connectivity index (χ0v) is 14.9. The highest BCUT2D eigenvalue weighted by Gasteiger charge is 2.14. The van der Waals surface area contributed by atoms with E-state index < -0.39 is 0 Å². The van der Waals surface area contributed by atoms with Crippen molar-refractivity contribution < 1.29 is 4.74 Å². The van der Waals surface area contributed by atoms with Crippen LogP contribution in [0, 0.1) is 0 Å². The summed E-state index contributed by atoms with van der Waals surface area (Å²) in [5.41, 5.74) is 3.32. The van der Waals surface area contributed by atoms with E-state index in [9.17, 15) is 0 Å². The Morgan fingerprint density at radius 3 is 2.46 bits per heavy atom. The highest BCUT2D eigenvalue weighted by atomic mass is 35.5. The van der Waals surface area contributed by atoms with E-state index >= 15 is 0 Å². The van der Waals surface area contributed by atoms with E-state index in [0.29, 0.717) is 6.10 Å². The number of piperidine rings is 1. The Bertz CT molecular complexity index is 767. The summed E-state index contributed by atoms with van der Waals surface area (Å²) in [6, 6.07) is 12.6. The molecule has 0 aliphatic carbocycles. The van der Waals surface area contributed by atoms with Crippen LogP contribution in [0.5, 0.6) is 5.75 Å². The van der Waals surface area contributed by atoms with Gasteiger partial charge in [0.05, 0.1) is 0 Å². The normalized spacial score (nSPS) is 14.7. The van der Waals surface area contributed by atoms with Crippen LogP contribution in [-0.4, -0.2) is 28.6 Å². The first-order valence-corrected chi connectivity index (χ1v) is 7.79. The average Bonchev–Trinajstić information content (AvgIpc) is 3.04. The number of hydrogen-bond acceptors (Lipinski definition) is 3. The van der Waals surface area contributed by atoms with E-state index in [-0.39, 0.29) is 24.8 Å². The number of nitrogens with zero attached hydrogens (tertiary/aromatic N) is 2.